The van der Waals surface area contributed by atoms with Crippen LogP contribution in [0.5, 0.6) is 0 Å². The number of hydrogen-bond acceptors (Lipinski definition) is 3. The van der Waals surface area contributed by atoms with Crippen LogP contribution >= 0.6 is 0 Å². The number of carbonyl (C=O) groups is 2. The second kappa shape index (κ2) is 2.77. The maximum atomic E-state index is 10.9. The first-order valence-electron chi connectivity index (χ1n) is 3.30. The fourth-order valence-corrected chi connectivity index (χ4v) is 0.904. The Kier molecular flexibility index (Phi) is 1.95. The number of ketones is 1. The van der Waals surface area contributed by atoms with Crippen LogP contribution in [0.2, 0.25) is 0 Å². The van der Waals surface area contributed by atoms with Gasteiger partial charge in [0, 0.05) is 13.2 Å². The molecule has 0 saturated heterocycles. The largest absolute Gasteiger partial charge is 0.476 e. The second-order valence-corrected chi connectivity index (χ2v) is 2.43. The lowest BCUT2D eigenvalue weighted by atomic mass is 10.2. The van der Waals surface area contributed by atoms with Crippen molar-refractivity contribution in [3.63, 3.8) is 0 Å². The highest BCUT2D eigenvalue weighted by atomic mass is 16.4. The van der Waals surface area contributed by atoms with Crippen molar-refractivity contribution in [2.75, 3.05) is 0 Å². The van der Waals surface area contributed by atoms with Gasteiger partial charge in [0.15, 0.2) is 11.5 Å². The lowest BCUT2D eigenvalue weighted by Gasteiger charge is -1.88. The van der Waals surface area contributed by atoms with Gasteiger partial charge in [0.25, 0.3) is 0 Å². The minimum Gasteiger partial charge on any atom is -0.476 e. The van der Waals surface area contributed by atoms with E-state index in [0.29, 0.717) is 0 Å². The molecular weight excluding hydrogens is 160 g/mol. The van der Waals surface area contributed by atoms with Crippen molar-refractivity contribution in [1.82, 2.24) is 9.78 Å². The summed E-state index contributed by atoms with van der Waals surface area (Å²) in [7, 11) is 1.57. The Labute approximate surface area is 68.6 Å². The van der Waals surface area contributed by atoms with Gasteiger partial charge in [-0.2, -0.15) is 5.10 Å². The monoisotopic (exact) mass is 168 g/mol. The van der Waals surface area contributed by atoms with E-state index in [2.05, 4.69) is 5.10 Å². The second-order valence-electron chi connectivity index (χ2n) is 2.43. The first-order chi connectivity index (χ1) is 5.52. The molecule has 1 heterocycles. The average molecular weight is 168 g/mol. The van der Waals surface area contributed by atoms with E-state index in [0.717, 1.165) is 0 Å². The Bertz CT molecular complexity index is 309. The summed E-state index contributed by atoms with van der Waals surface area (Å²) >= 11 is 0. The smallest absolute Gasteiger partial charge is 0.357 e. The fourth-order valence-electron chi connectivity index (χ4n) is 0.904. The molecule has 64 valence electrons. The zero-order chi connectivity index (χ0) is 9.30. The predicted octanol–water partition coefficient (Wildman–Crippen LogP) is 0.321. The summed E-state index contributed by atoms with van der Waals surface area (Å²) in [5.41, 5.74) is -0.0463. The first-order valence-corrected chi connectivity index (χ1v) is 3.30. The summed E-state index contributed by atoms with van der Waals surface area (Å²) in [6, 6.07) is 0. The maximum absolute atomic E-state index is 10.9. The molecule has 0 bridgehead atoms. The number of Topliss-reactive ketones (excluding diaryl/α,β-unsaturated/α-hetero) is 1. The van der Waals surface area contributed by atoms with Crippen molar-refractivity contribution >= 4 is 11.8 Å². The van der Waals surface area contributed by atoms with Gasteiger partial charge in [0.1, 0.15) is 0 Å². The Balaban J connectivity index is 3.26. The summed E-state index contributed by atoms with van der Waals surface area (Å²) in [6.45, 7) is 1.31. The first kappa shape index (κ1) is 8.45. The summed E-state index contributed by atoms with van der Waals surface area (Å²) in [6.07, 6.45) is 1.39. The lowest BCUT2D eigenvalue weighted by molar-refractivity contribution is 0.0685. The van der Waals surface area contributed by atoms with E-state index in [1.807, 2.05) is 0 Å². The molecule has 1 aromatic heterocycles. The molecule has 0 radical (unpaired) electrons. The molecule has 0 spiro atoms. The predicted molar refractivity (Wildman–Crippen MR) is 40.2 cm³/mol. The van der Waals surface area contributed by atoms with E-state index in [1.165, 1.54) is 17.8 Å². The minimum atomic E-state index is -1.18. The van der Waals surface area contributed by atoms with Gasteiger partial charge < -0.3 is 5.11 Å². The number of carbonyl (C=O) groups excluding carboxylic acids is 1. The highest BCUT2D eigenvalue weighted by Gasteiger charge is 2.17. The summed E-state index contributed by atoms with van der Waals surface area (Å²) in [4.78, 5) is 21.4. The van der Waals surface area contributed by atoms with Crippen LogP contribution in [0.25, 0.3) is 0 Å². The molecule has 1 aromatic rings. The van der Waals surface area contributed by atoms with Crippen molar-refractivity contribution in [2.45, 2.75) is 6.92 Å². The molecule has 5 nitrogen and oxygen atoms in total. The van der Waals surface area contributed by atoms with E-state index in [1.54, 1.807) is 7.05 Å². The van der Waals surface area contributed by atoms with Gasteiger partial charge in [-0.05, 0) is 6.92 Å². The van der Waals surface area contributed by atoms with Gasteiger partial charge in [-0.1, -0.05) is 0 Å². The number of nitrogens with zero attached hydrogens (tertiary/aromatic N) is 2. The lowest BCUT2D eigenvalue weighted by Crippen LogP contribution is -2.04. The van der Waals surface area contributed by atoms with E-state index >= 15 is 0 Å². The van der Waals surface area contributed by atoms with Gasteiger partial charge in [0.05, 0.1) is 5.56 Å². The molecule has 0 aromatic carbocycles. The van der Waals surface area contributed by atoms with Crippen LogP contribution < -0.4 is 0 Å². The normalized spacial score (nSPS) is 9.83. The number of aromatic carboxylic acids is 1. The molecule has 1 rings (SSSR count). The highest BCUT2D eigenvalue weighted by Crippen LogP contribution is 2.06. The van der Waals surface area contributed by atoms with Gasteiger partial charge in [-0.25, -0.2) is 4.79 Å². The van der Waals surface area contributed by atoms with Crippen LogP contribution in [-0.2, 0) is 7.05 Å². The van der Waals surface area contributed by atoms with Gasteiger partial charge >= 0.3 is 5.97 Å². The number of rotatable bonds is 2. The van der Waals surface area contributed by atoms with E-state index in [9.17, 15) is 9.59 Å². The Morgan fingerprint density at radius 3 is 2.50 bits per heavy atom. The van der Waals surface area contributed by atoms with Gasteiger partial charge in [-0.15, -0.1) is 0 Å². The van der Waals surface area contributed by atoms with Gasteiger partial charge in [0.2, 0.25) is 0 Å². The number of aryl methyl sites for hydroxylation is 1. The van der Waals surface area contributed by atoms with E-state index < -0.39 is 5.97 Å². The number of aromatic nitrogens is 2. The zero-order valence-corrected chi connectivity index (χ0v) is 6.74. The topological polar surface area (TPSA) is 72.2 Å². The molecule has 0 aliphatic heterocycles. The minimum absolute atomic E-state index is 0.144. The fraction of sp³-hybridized carbons (Fsp3) is 0.286. The molecule has 0 unspecified atom stereocenters. The summed E-state index contributed by atoms with van der Waals surface area (Å²) < 4.78 is 1.31. The third-order valence-electron chi connectivity index (χ3n) is 1.41. The van der Waals surface area contributed by atoms with Crippen LogP contribution in [0.15, 0.2) is 6.20 Å². The molecule has 12 heavy (non-hydrogen) atoms. The van der Waals surface area contributed by atoms with E-state index in [4.69, 9.17) is 5.11 Å². The Hall–Kier alpha value is -1.65. The molecule has 1 N–H and O–H groups in total. The third-order valence-corrected chi connectivity index (χ3v) is 1.41. The van der Waals surface area contributed by atoms with Crippen molar-refractivity contribution in [2.24, 2.45) is 7.05 Å². The third kappa shape index (κ3) is 1.34. The quantitative estimate of drug-likeness (QED) is 0.645. The number of carboxylic acid groups (broad SMARTS) is 1. The molecule has 5 heteroatoms. The molecule has 0 amide bonds. The van der Waals surface area contributed by atoms with Crippen LogP contribution in [-0.4, -0.2) is 26.6 Å². The van der Waals surface area contributed by atoms with Crippen molar-refractivity contribution in [3.05, 3.63) is 17.5 Å². The zero-order valence-electron chi connectivity index (χ0n) is 6.74. The molecule has 0 fully saturated rings. The van der Waals surface area contributed by atoms with Crippen LogP contribution in [0.3, 0.4) is 0 Å². The van der Waals surface area contributed by atoms with E-state index in [-0.39, 0.29) is 17.0 Å². The van der Waals surface area contributed by atoms with Crippen LogP contribution in [0.1, 0.15) is 27.8 Å². The highest BCUT2D eigenvalue weighted by molar-refractivity contribution is 6.03. The average Bonchev–Trinajstić information content (AvgIpc) is 2.31. The number of carboxylic acids is 1. The molecule has 0 atom stereocenters. The molecule has 0 aliphatic carbocycles. The van der Waals surface area contributed by atoms with Crippen molar-refractivity contribution < 1.29 is 14.7 Å². The maximum Gasteiger partial charge on any atom is 0.357 e. The van der Waals surface area contributed by atoms with Gasteiger partial charge in [-0.3, -0.25) is 9.48 Å². The molecular formula is C7H8N2O3. The van der Waals surface area contributed by atoms with Crippen LogP contribution in [0, 0.1) is 0 Å². The molecule has 0 saturated carbocycles. The Morgan fingerprint density at radius 1 is 1.58 bits per heavy atom. The van der Waals surface area contributed by atoms with Crippen molar-refractivity contribution in [1.29, 1.82) is 0 Å². The summed E-state index contributed by atoms with van der Waals surface area (Å²) in [5, 5.41) is 12.2. The molecule has 0 aliphatic rings. The van der Waals surface area contributed by atoms with Crippen LogP contribution in [0.4, 0.5) is 0 Å². The Morgan fingerprint density at radius 2 is 2.17 bits per heavy atom. The number of hydrogen-bond donors (Lipinski definition) is 1. The summed E-state index contributed by atoms with van der Waals surface area (Å²) in [5.74, 6) is -1.47. The van der Waals surface area contributed by atoms with Crippen molar-refractivity contribution in [3.8, 4) is 0 Å². The SMILES string of the molecule is CC(=O)c1cn(C)nc1C(=O)O. The standard InChI is InChI=1S/C7H8N2O3/c1-4(10)5-3-9(2)8-6(5)7(11)12/h3H,1-2H3,(H,11,12).